The van der Waals surface area contributed by atoms with Crippen LogP contribution in [0.4, 0.5) is 5.00 Å². The summed E-state index contributed by atoms with van der Waals surface area (Å²) in [5.74, 6) is 0.103. The second kappa shape index (κ2) is 8.40. The Hall–Kier alpha value is -1.38. The second-order valence-corrected chi connectivity index (χ2v) is 11.2. The van der Waals surface area contributed by atoms with Crippen LogP contribution in [0.15, 0.2) is 21.1 Å². The van der Waals surface area contributed by atoms with Crippen LogP contribution in [0.1, 0.15) is 58.3 Å². The summed E-state index contributed by atoms with van der Waals surface area (Å²) >= 11 is 8.27. The molecule has 2 amide bonds. The third-order valence-corrected chi connectivity index (χ3v) is 7.64. The number of thiophene rings is 1. The summed E-state index contributed by atoms with van der Waals surface area (Å²) in [4.78, 5) is 26.4. The molecule has 0 saturated heterocycles. The minimum Gasteiger partial charge on any atom is -0.495 e. The first-order valence-corrected chi connectivity index (χ1v) is 11.7. The van der Waals surface area contributed by atoms with Crippen molar-refractivity contribution in [3.63, 3.8) is 0 Å². The number of hydrogen-bond donors (Lipinski definition) is 2. The summed E-state index contributed by atoms with van der Waals surface area (Å²) in [6.07, 6.45) is 2.70. The van der Waals surface area contributed by atoms with Crippen molar-refractivity contribution in [2.75, 3.05) is 12.4 Å². The van der Waals surface area contributed by atoms with Crippen LogP contribution < -0.4 is 15.8 Å². The highest BCUT2D eigenvalue weighted by Crippen LogP contribution is 2.44. The number of nitrogens with two attached hydrogens (primary N) is 1. The molecule has 5 nitrogen and oxygen atoms in total. The van der Waals surface area contributed by atoms with Gasteiger partial charge in [0.1, 0.15) is 10.8 Å². The number of fused-ring (bicyclic) bond motifs is 1. The first-order valence-electron chi connectivity index (χ1n) is 9.31. The standard InChI is InChI=1S/C21H24Br2N2O3S/c1-21(2,3)10-5-6-12-15(7-10)29-20(16(12)18(24)26)25-19(27)13-8-11(22)9-14(23)17(13)28-4/h8-10H,5-7H2,1-4H3,(H2,24,26)(H,25,27)/t10-/m1/s1. The van der Waals surface area contributed by atoms with Gasteiger partial charge in [-0.3, -0.25) is 9.59 Å². The SMILES string of the molecule is COc1c(Br)cc(Br)cc1C(=O)Nc1sc2c(c1C(N)=O)CC[C@@H](C(C)(C)C)C2. The topological polar surface area (TPSA) is 81.4 Å². The monoisotopic (exact) mass is 542 g/mol. The first-order chi connectivity index (χ1) is 13.5. The molecule has 2 aromatic rings. The molecule has 0 unspecified atom stereocenters. The number of benzene rings is 1. The van der Waals surface area contributed by atoms with Gasteiger partial charge < -0.3 is 15.8 Å². The number of nitrogens with one attached hydrogen (secondary N) is 1. The number of amides is 2. The highest BCUT2D eigenvalue weighted by atomic mass is 79.9. The van der Waals surface area contributed by atoms with Gasteiger partial charge in [0.05, 0.1) is 22.7 Å². The number of primary amides is 1. The van der Waals surface area contributed by atoms with Gasteiger partial charge >= 0.3 is 0 Å². The molecule has 1 aliphatic rings. The number of halogens is 2. The predicted molar refractivity (Wildman–Crippen MR) is 124 cm³/mol. The molecule has 3 N–H and O–H groups in total. The molecule has 1 heterocycles. The third kappa shape index (κ3) is 4.54. The van der Waals surface area contributed by atoms with Crippen molar-refractivity contribution < 1.29 is 14.3 Å². The first kappa shape index (κ1) is 22.3. The van der Waals surface area contributed by atoms with Crippen molar-refractivity contribution >= 4 is 60.0 Å². The molecular weight excluding hydrogens is 520 g/mol. The smallest absolute Gasteiger partial charge is 0.260 e. The van der Waals surface area contributed by atoms with Crippen LogP contribution in [0.2, 0.25) is 0 Å². The number of anilines is 1. The molecule has 1 atom stereocenters. The Balaban J connectivity index is 1.98. The van der Waals surface area contributed by atoms with E-state index in [1.165, 1.54) is 18.4 Å². The maximum Gasteiger partial charge on any atom is 0.260 e. The van der Waals surface area contributed by atoms with Crippen molar-refractivity contribution in [3.05, 3.63) is 42.6 Å². The van der Waals surface area contributed by atoms with Crippen LogP contribution in [0, 0.1) is 11.3 Å². The zero-order valence-electron chi connectivity index (χ0n) is 16.8. The van der Waals surface area contributed by atoms with E-state index < -0.39 is 5.91 Å². The number of ether oxygens (including phenoxy) is 1. The molecule has 156 valence electrons. The van der Waals surface area contributed by atoms with Crippen molar-refractivity contribution in [3.8, 4) is 5.75 Å². The molecular formula is C21H24Br2N2O3S. The average molecular weight is 544 g/mol. The van der Waals surface area contributed by atoms with Crippen molar-refractivity contribution in [2.45, 2.75) is 40.0 Å². The van der Waals surface area contributed by atoms with Crippen LogP contribution in [-0.2, 0) is 12.8 Å². The lowest BCUT2D eigenvalue weighted by atomic mass is 9.72. The molecule has 0 radical (unpaired) electrons. The molecule has 0 fully saturated rings. The molecule has 8 heteroatoms. The Labute approximate surface area is 191 Å². The summed E-state index contributed by atoms with van der Waals surface area (Å²) < 4.78 is 6.78. The number of carbonyl (C=O) groups excluding carboxylic acids is 2. The molecule has 0 saturated carbocycles. The number of carbonyl (C=O) groups is 2. The fourth-order valence-corrected chi connectivity index (χ4v) is 6.50. The molecule has 1 aliphatic carbocycles. The largest absolute Gasteiger partial charge is 0.495 e. The van der Waals surface area contributed by atoms with Gasteiger partial charge in [0, 0.05) is 9.35 Å². The molecule has 29 heavy (non-hydrogen) atoms. The zero-order chi connectivity index (χ0) is 21.5. The minimum absolute atomic E-state index is 0.188. The average Bonchev–Trinajstić information content (AvgIpc) is 2.97. The fourth-order valence-electron chi connectivity index (χ4n) is 3.78. The molecule has 1 aromatic heterocycles. The van der Waals surface area contributed by atoms with Crippen LogP contribution in [0.5, 0.6) is 5.75 Å². The van der Waals surface area contributed by atoms with Crippen molar-refractivity contribution in [2.24, 2.45) is 17.1 Å². The summed E-state index contributed by atoms with van der Waals surface area (Å²) in [7, 11) is 1.51. The van der Waals surface area contributed by atoms with Crippen LogP contribution in [0.3, 0.4) is 0 Å². The van der Waals surface area contributed by atoms with Gasteiger partial charge in [0.15, 0.2) is 0 Å². The van der Waals surface area contributed by atoms with E-state index in [2.05, 4.69) is 57.9 Å². The van der Waals surface area contributed by atoms with E-state index in [1.807, 2.05) is 0 Å². The van der Waals surface area contributed by atoms with Gasteiger partial charge in [0.2, 0.25) is 0 Å². The Morgan fingerprint density at radius 2 is 1.97 bits per heavy atom. The Kier molecular flexibility index (Phi) is 6.46. The van der Waals surface area contributed by atoms with Gasteiger partial charge in [-0.25, -0.2) is 0 Å². The Bertz CT molecular complexity index is 979. The Morgan fingerprint density at radius 1 is 1.28 bits per heavy atom. The molecule has 0 bridgehead atoms. The minimum atomic E-state index is -0.505. The van der Waals surface area contributed by atoms with E-state index in [0.29, 0.717) is 32.3 Å². The summed E-state index contributed by atoms with van der Waals surface area (Å²) in [6.45, 7) is 6.72. The van der Waals surface area contributed by atoms with E-state index in [0.717, 1.165) is 34.2 Å². The molecule has 3 rings (SSSR count). The van der Waals surface area contributed by atoms with Crippen LogP contribution >= 0.6 is 43.2 Å². The summed E-state index contributed by atoms with van der Waals surface area (Å²) in [5.41, 5.74) is 7.68. The van der Waals surface area contributed by atoms with Gasteiger partial charge in [-0.15, -0.1) is 11.3 Å². The van der Waals surface area contributed by atoms with Crippen LogP contribution in [-0.4, -0.2) is 18.9 Å². The van der Waals surface area contributed by atoms with Gasteiger partial charge in [-0.05, 0) is 64.2 Å². The van der Waals surface area contributed by atoms with Crippen molar-refractivity contribution in [1.82, 2.24) is 0 Å². The van der Waals surface area contributed by atoms with Gasteiger partial charge in [-0.1, -0.05) is 36.7 Å². The summed E-state index contributed by atoms with van der Waals surface area (Å²) in [6, 6.07) is 3.49. The van der Waals surface area contributed by atoms with E-state index in [4.69, 9.17) is 10.5 Å². The maximum absolute atomic E-state index is 13.0. The van der Waals surface area contributed by atoms with Crippen LogP contribution in [0.25, 0.3) is 0 Å². The van der Waals surface area contributed by atoms with E-state index >= 15 is 0 Å². The number of rotatable bonds is 4. The molecule has 0 aliphatic heterocycles. The predicted octanol–water partition coefficient (Wildman–Crippen LogP) is 5.78. The third-order valence-electron chi connectivity index (χ3n) is 5.42. The molecule has 0 spiro atoms. The van der Waals surface area contributed by atoms with Gasteiger partial charge in [0.25, 0.3) is 11.8 Å². The van der Waals surface area contributed by atoms with E-state index in [-0.39, 0.29) is 11.3 Å². The summed E-state index contributed by atoms with van der Waals surface area (Å²) in [5, 5.41) is 3.42. The second-order valence-electron chi connectivity index (χ2n) is 8.30. The molecule has 1 aromatic carbocycles. The zero-order valence-corrected chi connectivity index (χ0v) is 20.8. The number of methoxy groups -OCH3 is 1. The lowest BCUT2D eigenvalue weighted by molar-refractivity contribution is 0.1000. The van der Waals surface area contributed by atoms with Crippen molar-refractivity contribution in [1.29, 1.82) is 0 Å². The van der Waals surface area contributed by atoms with E-state index in [9.17, 15) is 9.59 Å². The normalized spacial score (nSPS) is 16.3. The maximum atomic E-state index is 13.0. The number of hydrogen-bond acceptors (Lipinski definition) is 4. The lowest BCUT2D eigenvalue weighted by Crippen LogP contribution is -2.27. The quantitative estimate of drug-likeness (QED) is 0.512. The fraction of sp³-hybridized carbons (Fsp3) is 0.429. The highest BCUT2D eigenvalue weighted by Gasteiger charge is 2.33. The lowest BCUT2D eigenvalue weighted by Gasteiger charge is -2.33. The highest BCUT2D eigenvalue weighted by molar-refractivity contribution is 9.11. The van der Waals surface area contributed by atoms with Gasteiger partial charge in [-0.2, -0.15) is 0 Å². The van der Waals surface area contributed by atoms with E-state index in [1.54, 1.807) is 12.1 Å². The Morgan fingerprint density at radius 3 is 2.55 bits per heavy atom.